The van der Waals surface area contributed by atoms with Gasteiger partial charge in [-0.25, -0.2) is 4.79 Å². The molecule has 2 aliphatic rings. The molecule has 3 rings (SSSR count). The monoisotopic (exact) mass is 387 g/mol. The maximum Gasteiger partial charge on any atom is 0.337 e. The maximum absolute atomic E-state index is 11.8. The van der Waals surface area contributed by atoms with Crippen LogP contribution in [0.25, 0.3) is 0 Å². The van der Waals surface area contributed by atoms with Crippen molar-refractivity contribution in [2.24, 2.45) is 17.1 Å². The second kappa shape index (κ2) is 7.80. The fourth-order valence-corrected chi connectivity index (χ4v) is 4.28. The Morgan fingerprint density at radius 1 is 1.28 bits per heavy atom. The molecule has 0 aromatic heterocycles. The van der Waals surface area contributed by atoms with Crippen LogP contribution in [0.2, 0.25) is 0 Å². The van der Waals surface area contributed by atoms with E-state index in [9.17, 15) is 20.6 Å². The zero-order chi connectivity index (χ0) is 21.2. The van der Waals surface area contributed by atoms with Gasteiger partial charge in [0.15, 0.2) is 0 Å². The summed E-state index contributed by atoms with van der Waals surface area (Å²) >= 11 is 0. The number of hydrogen-bond donors (Lipinski definition) is 1. The van der Waals surface area contributed by atoms with Crippen LogP contribution in [0, 0.1) is 45.3 Å². The van der Waals surface area contributed by atoms with E-state index in [0.717, 1.165) is 12.1 Å². The summed E-state index contributed by atoms with van der Waals surface area (Å²) < 4.78 is 4.74. The van der Waals surface area contributed by atoms with E-state index in [1.54, 1.807) is 24.3 Å². The van der Waals surface area contributed by atoms with Crippen LogP contribution in [0.5, 0.6) is 0 Å². The Labute approximate surface area is 169 Å². The summed E-state index contributed by atoms with van der Waals surface area (Å²) in [6, 6.07) is 13.1. The zero-order valence-corrected chi connectivity index (χ0v) is 16.3. The highest BCUT2D eigenvalue weighted by Crippen LogP contribution is 2.52. The number of benzene rings is 1. The molecule has 0 spiro atoms. The van der Waals surface area contributed by atoms with Gasteiger partial charge < -0.3 is 10.5 Å². The molecule has 7 heteroatoms. The van der Waals surface area contributed by atoms with Crippen LogP contribution < -0.4 is 5.73 Å². The van der Waals surface area contributed by atoms with E-state index >= 15 is 0 Å². The van der Waals surface area contributed by atoms with Crippen molar-refractivity contribution in [3.63, 3.8) is 0 Å². The second-order valence-electron chi connectivity index (χ2n) is 7.12. The van der Waals surface area contributed by atoms with E-state index in [0.29, 0.717) is 24.2 Å². The molecule has 7 nitrogen and oxygen atoms in total. The molecule has 1 heterocycles. The lowest BCUT2D eigenvalue weighted by atomic mass is 9.60. The molecule has 2 N–H and O–H groups in total. The average Bonchev–Trinajstić information content (AvgIpc) is 2.78. The Morgan fingerprint density at radius 3 is 2.45 bits per heavy atom. The predicted molar refractivity (Wildman–Crippen MR) is 105 cm³/mol. The number of rotatable bonds is 3. The van der Waals surface area contributed by atoms with E-state index in [2.05, 4.69) is 23.1 Å². The number of esters is 1. The lowest BCUT2D eigenvalue weighted by Gasteiger charge is -2.45. The Bertz CT molecular complexity index is 1000. The minimum absolute atomic E-state index is 0.000470. The lowest BCUT2D eigenvalue weighted by Crippen LogP contribution is -2.47. The van der Waals surface area contributed by atoms with E-state index in [1.165, 1.54) is 7.11 Å². The normalized spacial score (nSPS) is 23.1. The molecule has 1 aromatic rings. The Balaban J connectivity index is 2.21. The molecule has 1 aromatic carbocycles. The van der Waals surface area contributed by atoms with Gasteiger partial charge in [0.2, 0.25) is 5.41 Å². The van der Waals surface area contributed by atoms with Crippen LogP contribution in [-0.4, -0.2) is 37.6 Å². The SMILES string of the molecule is CCN1CC=C2[C@@H](C1)[C@@H](c1ccc(C(=O)OC)cc1)C(C#N)=C(N)C2(C#N)C#N. The number of carbonyl (C=O) groups is 1. The van der Waals surface area contributed by atoms with Crippen molar-refractivity contribution in [3.8, 4) is 18.2 Å². The number of allylic oxidation sites excluding steroid dienone is 2. The fraction of sp³-hybridized carbons (Fsp3) is 0.364. The van der Waals surface area contributed by atoms with Gasteiger partial charge in [0.1, 0.15) is 0 Å². The molecule has 0 bridgehead atoms. The summed E-state index contributed by atoms with van der Waals surface area (Å²) in [6.07, 6.45) is 1.90. The van der Waals surface area contributed by atoms with Crippen molar-refractivity contribution in [3.05, 3.63) is 58.3 Å². The first-order chi connectivity index (χ1) is 14.0. The molecule has 0 amide bonds. The third kappa shape index (κ3) is 3.05. The molecule has 0 fully saturated rings. The molecule has 0 radical (unpaired) electrons. The van der Waals surface area contributed by atoms with Crippen molar-refractivity contribution < 1.29 is 9.53 Å². The Morgan fingerprint density at radius 2 is 1.93 bits per heavy atom. The van der Waals surface area contributed by atoms with Crippen LogP contribution in [0.15, 0.2) is 47.2 Å². The molecule has 29 heavy (non-hydrogen) atoms. The van der Waals surface area contributed by atoms with Crippen LogP contribution in [0.1, 0.15) is 28.8 Å². The van der Waals surface area contributed by atoms with Crippen LogP contribution >= 0.6 is 0 Å². The minimum atomic E-state index is -1.63. The van der Waals surface area contributed by atoms with E-state index in [4.69, 9.17) is 10.5 Å². The largest absolute Gasteiger partial charge is 0.465 e. The van der Waals surface area contributed by atoms with Crippen molar-refractivity contribution in [1.29, 1.82) is 15.8 Å². The first-order valence-electron chi connectivity index (χ1n) is 9.31. The van der Waals surface area contributed by atoms with Gasteiger partial charge in [-0.15, -0.1) is 0 Å². The highest BCUT2D eigenvalue weighted by atomic mass is 16.5. The second-order valence-corrected chi connectivity index (χ2v) is 7.12. The smallest absolute Gasteiger partial charge is 0.337 e. The van der Waals surface area contributed by atoms with Gasteiger partial charge in [0.25, 0.3) is 0 Å². The molecular formula is C22H21N5O2. The molecule has 1 aliphatic carbocycles. The molecule has 146 valence electrons. The third-order valence-electron chi connectivity index (χ3n) is 5.86. The van der Waals surface area contributed by atoms with Gasteiger partial charge in [0, 0.05) is 24.9 Å². The summed E-state index contributed by atoms with van der Waals surface area (Å²) in [5.41, 5.74) is 6.75. The van der Waals surface area contributed by atoms with E-state index in [-0.39, 0.29) is 17.2 Å². The predicted octanol–water partition coefficient (Wildman–Crippen LogP) is 2.22. The molecule has 0 saturated heterocycles. The van der Waals surface area contributed by atoms with Gasteiger partial charge in [0.05, 0.1) is 42.2 Å². The first kappa shape index (κ1) is 20.1. The third-order valence-corrected chi connectivity index (χ3v) is 5.86. The van der Waals surface area contributed by atoms with Crippen LogP contribution in [-0.2, 0) is 4.74 Å². The molecule has 0 unspecified atom stereocenters. The molecule has 0 saturated carbocycles. The van der Waals surface area contributed by atoms with E-state index in [1.807, 2.05) is 13.0 Å². The van der Waals surface area contributed by atoms with E-state index < -0.39 is 17.3 Å². The number of hydrogen-bond acceptors (Lipinski definition) is 7. The van der Waals surface area contributed by atoms with Crippen LogP contribution in [0.3, 0.4) is 0 Å². The first-order valence-corrected chi connectivity index (χ1v) is 9.31. The fourth-order valence-electron chi connectivity index (χ4n) is 4.28. The van der Waals surface area contributed by atoms with Gasteiger partial charge in [-0.3, -0.25) is 4.90 Å². The molecule has 1 aliphatic heterocycles. The zero-order valence-electron chi connectivity index (χ0n) is 16.3. The number of ether oxygens (including phenoxy) is 1. The van der Waals surface area contributed by atoms with Crippen LogP contribution in [0.4, 0.5) is 0 Å². The maximum atomic E-state index is 11.8. The quantitative estimate of drug-likeness (QED) is 0.622. The van der Waals surface area contributed by atoms with Crippen molar-refractivity contribution in [2.45, 2.75) is 12.8 Å². The number of methoxy groups -OCH3 is 1. The summed E-state index contributed by atoms with van der Waals surface area (Å²) in [5, 5.41) is 29.6. The van der Waals surface area contributed by atoms with Crippen molar-refractivity contribution in [2.75, 3.05) is 26.7 Å². The van der Waals surface area contributed by atoms with Gasteiger partial charge in [-0.1, -0.05) is 25.1 Å². The summed E-state index contributed by atoms with van der Waals surface area (Å²) in [6.45, 7) is 4.08. The standard InChI is InChI=1S/C22H21N5O2/c1-3-27-9-8-18-17(11-27)19(14-4-6-15(7-5-14)21(28)29-2)16(10-23)20(26)22(18,12-24)13-25/h4-8,17,19H,3,9,11,26H2,1-2H3/t17-,19+/m1/s1. The minimum Gasteiger partial charge on any atom is -0.465 e. The summed E-state index contributed by atoms with van der Waals surface area (Å²) in [5.74, 6) is -1.09. The molecule has 2 atom stereocenters. The number of fused-ring (bicyclic) bond motifs is 1. The number of likely N-dealkylation sites (N-methyl/N-ethyl adjacent to an activating group) is 1. The number of carbonyl (C=O) groups excluding carboxylic acids is 1. The van der Waals surface area contributed by atoms with Gasteiger partial charge in [-0.2, -0.15) is 15.8 Å². The number of nitrogens with two attached hydrogens (primary N) is 1. The average molecular weight is 387 g/mol. The number of nitriles is 3. The Hall–Kier alpha value is -3.60. The molecular weight excluding hydrogens is 366 g/mol. The highest BCUT2D eigenvalue weighted by molar-refractivity contribution is 5.89. The summed E-state index contributed by atoms with van der Waals surface area (Å²) in [7, 11) is 1.32. The highest BCUT2D eigenvalue weighted by Gasteiger charge is 2.52. The number of nitrogens with zero attached hydrogens (tertiary/aromatic N) is 4. The van der Waals surface area contributed by atoms with Gasteiger partial charge >= 0.3 is 5.97 Å². The Kier molecular flexibility index (Phi) is 5.41. The van der Waals surface area contributed by atoms with Crippen molar-refractivity contribution >= 4 is 5.97 Å². The topological polar surface area (TPSA) is 127 Å². The van der Waals surface area contributed by atoms with Crippen molar-refractivity contribution in [1.82, 2.24) is 4.90 Å². The van der Waals surface area contributed by atoms with Gasteiger partial charge in [-0.05, 0) is 29.8 Å². The summed E-state index contributed by atoms with van der Waals surface area (Å²) in [4.78, 5) is 13.9. The lowest BCUT2D eigenvalue weighted by molar-refractivity contribution is 0.0600.